The topological polar surface area (TPSA) is 160 Å². The van der Waals surface area contributed by atoms with E-state index in [4.69, 9.17) is 15.6 Å². The van der Waals surface area contributed by atoms with Crippen LogP contribution in [0.2, 0.25) is 0 Å². The normalized spacial score (nSPS) is 31.9. The van der Waals surface area contributed by atoms with Gasteiger partial charge in [-0.25, -0.2) is 9.37 Å². The summed E-state index contributed by atoms with van der Waals surface area (Å²) in [5, 5.41) is 29.4. The predicted molar refractivity (Wildman–Crippen MR) is 70.5 cm³/mol. The fourth-order valence-electron chi connectivity index (χ4n) is 2.53. The third-order valence-electron chi connectivity index (χ3n) is 3.69. The van der Waals surface area contributed by atoms with Crippen molar-refractivity contribution >= 4 is 17.1 Å². The number of H-pyrrole nitrogens is 1. The van der Waals surface area contributed by atoms with Crippen molar-refractivity contribution in [2.75, 3.05) is 19.0 Å². The van der Waals surface area contributed by atoms with Gasteiger partial charge in [0.05, 0.1) is 12.9 Å². The van der Waals surface area contributed by atoms with Crippen LogP contribution >= 0.6 is 0 Å². The van der Waals surface area contributed by atoms with Crippen LogP contribution in [0.15, 0.2) is 11.1 Å². The van der Waals surface area contributed by atoms with Gasteiger partial charge in [0.2, 0.25) is 5.95 Å². The van der Waals surface area contributed by atoms with Crippen LogP contribution in [0.1, 0.15) is 6.23 Å². The van der Waals surface area contributed by atoms with Crippen molar-refractivity contribution in [3.63, 3.8) is 0 Å². The highest BCUT2D eigenvalue weighted by Crippen LogP contribution is 2.39. The second-order valence-electron chi connectivity index (χ2n) is 5.05. The number of rotatable bonds is 3. The smallest absolute Gasteiger partial charge is 0.280 e. The molecule has 0 spiro atoms. The Balaban J connectivity index is 2.16. The van der Waals surface area contributed by atoms with Crippen molar-refractivity contribution in [2.45, 2.75) is 24.0 Å². The van der Waals surface area contributed by atoms with E-state index in [0.29, 0.717) is 0 Å². The van der Waals surface area contributed by atoms with Crippen molar-refractivity contribution in [3.05, 3.63) is 16.7 Å². The summed E-state index contributed by atoms with van der Waals surface area (Å²) in [4.78, 5) is 21.7. The van der Waals surface area contributed by atoms with E-state index in [1.165, 1.54) is 0 Å². The number of nitrogen functional groups attached to an aromatic ring is 1. The van der Waals surface area contributed by atoms with Crippen molar-refractivity contribution < 1.29 is 24.4 Å². The Hall–Kier alpha value is -2.08. The predicted octanol–water partition coefficient (Wildman–Crippen LogP) is -2.35. The number of halogens is 1. The summed E-state index contributed by atoms with van der Waals surface area (Å²) >= 11 is 0. The molecule has 120 valence electrons. The van der Waals surface area contributed by atoms with Gasteiger partial charge < -0.3 is 25.8 Å². The molecule has 1 aliphatic heterocycles. The molecule has 4 atom stereocenters. The van der Waals surface area contributed by atoms with Crippen molar-refractivity contribution in [1.82, 2.24) is 19.5 Å². The van der Waals surface area contributed by atoms with Gasteiger partial charge in [-0.3, -0.25) is 14.3 Å². The van der Waals surface area contributed by atoms with Gasteiger partial charge in [0.25, 0.3) is 5.56 Å². The molecule has 6 N–H and O–H groups in total. The number of anilines is 1. The Morgan fingerprint density at radius 1 is 1.59 bits per heavy atom. The maximum absolute atomic E-state index is 13.3. The molecule has 11 heteroatoms. The molecule has 2 aromatic heterocycles. The number of fused-ring (bicyclic) bond motifs is 1. The monoisotopic (exact) mass is 315 g/mol. The molecule has 10 nitrogen and oxygen atoms in total. The Morgan fingerprint density at radius 3 is 2.95 bits per heavy atom. The van der Waals surface area contributed by atoms with Crippen LogP contribution in [0.5, 0.6) is 0 Å². The van der Waals surface area contributed by atoms with E-state index < -0.39 is 42.9 Å². The minimum atomic E-state index is -2.32. The first-order chi connectivity index (χ1) is 10.4. The number of hydrogen-bond donors (Lipinski definition) is 5. The van der Waals surface area contributed by atoms with E-state index in [9.17, 15) is 19.4 Å². The Bertz CT molecular complexity index is 763. The first-order valence-corrected chi connectivity index (χ1v) is 6.37. The van der Waals surface area contributed by atoms with E-state index in [1.807, 2.05) is 0 Å². The van der Waals surface area contributed by atoms with Crippen LogP contribution in [0, 0.1) is 0 Å². The van der Waals surface area contributed by atoms with Crippen molar-refractivity contribution in [1.29, 1.82) is 0 Å². The highest BCUT2D eigenvalue weighted by Gasteiger charge is 2.56. The summed E-state index contributed by atoms with van der Waals surface area (Å²) in [6.45, 7) is -1.96. The van der Waals surface area contributed by atoms with Gasteiger partial charge in [0, 0.05) is 0 Å². The number of nitrogens with zero attached hydrogens (tertiary/aromatic N) is 3. The summed E-state index contributed by atoms with van der Waals surface area (Å²) in [5.41, 5.74) is 2.41. The molecule has 0 aromatic carbocycles. The molecule has 22 heavy (non-hydrogen) atoms. The van der Waals surface area contributed by atoms with E-state index in [-0.39, 0.29) is 17.1 Å². The summed E-state index contributed by atoms with van der Waals surface area (Å²) in [6.07, 6.45) is -3.17. The number of alkyl halides is 1. The number of imidazole rings is 1. The largest absolute Gasteiger partial charge is 0.394 e. The average Bonchev–Trinajstić information content (AvgIpc) is 3.00. The van der Waals surface area contributed by atoms with Gasteiger partial charge in [0.15, 0.2) is 23.0 Å². The first kappa shape index (κ1) is 14.8. The number of aromatic nitrogens is 4. The zero-order valence-electron chi connectivity index (χ0n) is 11.2. The standard InChI is InChI=1S/C11H14FN5O5/c12-2-11(21)6(19)4(1-18)22-9(11)17-3-14-5-7(17)15-10(13)16-8(5)20/h3-4,6,9,18-19,21H,1-2H2,(H3,13,15,16,20)/t4?,6-,9?,11?/m0/s1. The average molecular weight is 315 g/mol. The van der Waals surface area contributed by atoms with Crippen LogP contribution in [0.4, 0.5) is 10.3 Å². The van der Waals surface area contributed by atoms with E-state index in [0.717, 1.165) is 10.9 Å². The Morgan fingerprint density at radius 2 is 2.32 bits per heavy atom. The summed E-state index contributed by atoms with van der Waals surface area (Å²) in [7, 11) is 0. The number of aliphatic hydroxyl groups is 3. The van der Waals surface area contributed by atoms with E-state index >= 15 is 0 Å². The van der Waals surface area contributed by atoms with Gasteiger partial charge in [-0.1, -0.05) is 0 Å². The number of aromatic amines is 1. The minimum absolute atomic E-state index is 0.0380. The molecule has 1 aliphatic rings. The molecule has 2 aromatic rings. The van der Waals surface area contributed by atoms with Gasteiger partial charge in [0.1, 0.15) is 18.9 Å². The number of ether oxygens (including phenoxy) is 1. The summed E-state index contributed by atoms with van der Waals surface area (Å²) in [5.74, 6) is -0.194. The molecule has 3 unspecified atom stereocenters. The molecule has 3 rings (SSSR count). The lowest BCUT2D eigenvalue weighted by atomic mass is 9.95. The number of nitrogens with two attached hydrogens (primary N) is 1. The SMILES string of the molecule is Nc1nc2c(ncn2C2OC(CO)[C@H](O)C2(O)CF)c(=O)[nH]1. The van der Waals surface area contributed by atoms with E-state index in [1.54, 1.807) is 0 Å². The second-order valence-corrected chi connectivity index (χ2v) is 5.05. The third kappa shape index (κ3) is 1.90. The molecular weight excluding hydrogens is 301 g/mol. The molecule has 0 amide bonds. The molecule has 0 bridgehead atoms. The van der Waals surface area contributed by atoms with Gasteiger partial charge in [-0.15, -0.1) is 0 Å². The molecule has 0 radical (unpaired) electrons. The fourth-order valence-corrected chi connectivity index (χ4v) is 2.53. The van der Waals surface area contributed by atoms with Crippen LogP contribution in [0.3, 0.4) is 0 Å². The van der Waals surface area contributed by atoms with Crippen LogP contribution in [-0.4, -0.2) is 65.9 Å². The Labute approximate surface area is 122 Å². The van der Waals surface area contributed by atoms with Crippen LogP contribution in [-0.2, 0) is 4.74 Å². The molecule has 0 aliphatic carbocycles. The molecule has 0 saturated carbocycles. The lowest BCUT2D eigenvalue weighted by Crippen LogP contribution is -2.48. The van der Waals surface area contributed by atoms with Gasteiger partial charge >= 0.3 is 0 Å². The quantitative estimate of drug-likeness (QED) is 0.421. The van der Waals surface area contributed by atoms with Crippen molar-refractivity contribution in [2.24, 2.45) is 0 Å². The number of nitrogens with one attached hydrogen (secondary N) is 1. The van der Waals surface area contributed by atoms with E-state index in [2.05, 4.69) is 15.0 Å². The lowest BCUT2D eigenvalue weighted by Gasteiger charge is -2.28. The summed E-state index contributed by atoms with van der Waals surface area (Å²) in [6, 6.07) is 0. The minimum Gasteiger partial charge on any atom is -0.394 e. The maximum atomic E-state index is 13.3. The van der Waals surface area contributed by atoms with Crippen molar-refractivity contribution in [3.8, 4) is 0 Å². The number of hydrogen-bond acceptors (Lipinski definition) is 8. The molecular formula is C11H14FN5O5. The van der Waals surface area contributed by atoms with Crippen LogP contribution < -0.4 is 11.3 Å². The molecule has 1 saturated heterocycles. The lowest BCUT2D eigenvalue weighted by molar-refractivity contribution is -0.118. The second kappa shape index (κ2) is 4.98. The zero-order valence-corrected chi connectivity index (χ0v) is 11.2. The number of aliphatic hydroxyl groups excluding tert-OH is 2. The Kier molecular flexibility index (Phi) is 3.36. The van der Waals surface area contributed by atoms with Gasteiger partial charge in [-0.2, -0.15) is 4.98 Å². The third-order valence-corrected chi connectivity index (χ3v) is 3.69. The molecule has 3 heterocycles. The van der Waals surface area contributed by atoms with Gasteiger partial charge in [-0.05, 0) is 0 Å². The molecule has 1 fully saturated rings. The summed E-state index contributed by atoms with van der Waals surface area (Å²) < 4.78 is 19.7. The zero-order chi connectivity index (χ0) is 16.1. The maximum Gasteiger partial charge on any atom is 0.280 e. The highest BCUT2D eigenvalue weighted by atomic mass is 19.1. The highest BCUT2D eigenvalue weighted by molar-refractivity contribution is 5.70. The fraction of sp³-hybridized carbons (Fsp3) is 0.545. The first-order valence-electron chi connectivity index (χ1n) is 6.37. The van der Waals surface area contributed by atoms with Crippen LogP contribution in [0.25, 0.3) is 11.2 Å².